The molecule has 7 nitrogen and oxygen atoms in total. The Balaban J connectivity index is 1.30. The first kappa shape index (κ1) is 29.0. The number of rotatable bonds is 5. The van der Waals surface area contributed by atoms with Gasteiger partial charge in [0.15, 0.2) is 0 Å². The number of hydrogen-bond acceptors (Lipinski definition) is 4. The molecule has 0 spiro atoms. The second kappa shape index (κ2) is 12.2. The highest BCUT2D eigenvalue weighted by Crippen LogP contribution is 2.36. The molecule has 1 atom stereocenters. The van der Waals surface area contributed by atoms with E-state index in [1.54, 1.807) is 65.6 Å². The van der Waals surface area contributed by atoms with Crippen LogP contribution in [0.15, 0.2) is 78.9 Å². The van der Waals surface area contributed by atoms with E-state index < -0.39 is 6.10 Å². The van der Waals surface area contributed by atoms with E-state index in [0.29, 0.717) is 74.9 Å². The monoisotopic (exact) mass is 581 g/mol. The Morgan fingerprint density at radius 3 is 1.98 bits per heavy atom. The van der Waals surface area contributed by atoms with Crippen molar-refractivity contribution in [2.75, 3.05) is 22.1 Å². The van der Waals surface area contributed by atoms with Crippen molar-refractivity contribution in [3.63, 3.8) is 0 Å². The van der Waals surface area contributed by atoms with E-state index in [2.05, 4.69) is 10.6 Å². The summed E-state index contributed by atoms with van der Waals surface area (Å²) in [5.41, 5.74) is 6.33. The zero-order valence-electron chi connectivity index (χ0n) is 23.7. The third-order valence-corrected chi connectivity index (χ3v) is 7.81. The molecule has 3 amide bonds. The molecule has 1 aliphatic rings. The topological polar surface area (TPSA) is 98.7 Å². The van der Waals surface area contributed by atoms with Crippen LogP contribution >= 0.6 is 11.6 Å². The molecular weight excluding hydrogens is 550 g/mol. The van der Waals surface area contributed by atoms with Gasteiger partial charge >= 0.3 is 0 Å². The van der Waals surface area contributed by atoms with Crippen molar-refractivity contribution < 1.29 is 19.5 Å². The Bertz CT molecular complexity index is 1700. The smallest absolute Gasteiger partial charge is 0.258 e. The Morgan fingerprint density at radius 1 is 0.762 bits per heavy atom. The van der Waals surface area contributed by atoms with Gasteiger partial charge in [0.2, 0.25) is 0 Å². The number of anilines is 3. The van der Waals surface area contributed by atoms with Crippen LogP contribution in [0.4, 0.5) is 17.1 Å². The van der Waals surface area contributed by atoms with Gasteiger partial charge in [0.25, 0.3) is 17.7 Å². The lowest BCUT2D eigenvalue weighted by molar-refractivity contribution is 0.0983. The Morgan fingerprint density at radius 2 is 1.36 bits per heavy atom. The van der Waals surface area contributed by atoms with Crippen LogP contribution in [0.3, 0.4) is 0 Å². The summed E-state index contributed by atoms with van der Waals surface area (Å²) in [5.74, 6) is -0.684. The van der Waals surface area contributed by atoms with Gasteiger partial charge in [0.05, 0.1) is 6.10 Å². The molecule has 0 aliphatic carbocycles. The van der Waals surface area contributed by atoms with E-state index in [-0.39, 0.29) is 17.7 Å². The number of carbonyl (C=O) groups excluding carboxylic acids is 3. The highest BCUT2D eigenvalue weighted by Gasteiger charge is 2.27. The number of hydrogen-bond donors (Lipinski definition) is 3. The molecule has 4 aromatic rings. The molecule has 0 fully saturated rings. The fourth-order valence-corrected chi connectivity index (χ4v) is 5.50. The van der Waals surface area contributed by atoms with Gasteiger partial charge in [-0.2, -0.15) is 0 Å². The molecule has 4 aromatic carbocycles. The predicted molar refractivity (Wildman–Crippen MR) is 167 cm³/mol. The van der Waals surface area contributed by atoms with Crippen LogP contribution in [-0.2, 0) is 0 Å². The van der Waals surface area contributed by atoms with Gasteiger partial charge in [-0.1, -0.05) is 29.8 Å². The summed E-state index contributed by atoms with van der Waals surface area (Å²) < 4.78 is 0. The molecule has 0 aromatic heterocycles. The maximum Gasteiger partial charge on any atom is 0.258 e. The maximum atomic E-state index is 13.6. The van der Waals surface area contributed by atoms with Crippen molar-refractivity contribution in [2.45, 2.75) is 39.7 Å². The van der Waals surface area contributed by atoms with Crippen molar-refractivity contribution in [1.82, 2.24) is 0 Å². The van der Waals surface area contributed by atoms with Crippen LogP contribution in [-0.4, -0.2) is 29.4 Å². The second-order valence-corrected chi connectivity index (χ2v) is 11.0. The Kier molecular flexibility index (Phi) is 8.43. The third kappa shape index (κ3) is 6.08. The maximum absolute atomic E-state index is 13.6. The van der Waals surface area contributed by atoms with Crippen LogP contribution in [0.2, 0.25) is 5.02 Å². The summed E-state index contributed by atoms with van der Waals surface area (Å²) in [7, 11) is 0. The number of benzene rings is 4. The van der Waals surface area contributed by atoms with E-state index in [0.717, 1.165) is 5.56 Å². The summed E-state index contributed by atoms with van der Waals surface area (Å²) in [6.07, 6.45) is 0.512. The van der Waals surface area contributed by atoms with Crippen LogP contribution in [0.1, 0.15) is 72.3 Å². The molecule has 1 heterocycles. The summed E-state index contributed by atoms with van der Waals surface area (Å²) in [6, 6.07) is 22.9. The zero-order valence-corrected chi connectivity index (χ0v) is 24.5. The molecule has 3 N–H and O–H groups in total. The number of nitrogens with zero attached hydrogens (tertiary/aromatic N) is 1. The fraction of sp³-hybridized carbons (Fsp3) is 0.206. The van der Waals surface area contributed by atoms with Crippen LogP contribution in [0, 0.1) is 20.8 Å². The molecular formula is C34H32ClN3O4. The van der Waals surface area contributed by atoms with Crippen molar-refractivity contribution >= 4 is 46.4 Å². The first-order valence-electron chi connectivity index (χ1n) is 13.8. The SMILES string of the molecule is Cc1ccccc1C(=O)Nc1ccc(C(=O)Nc2ccc(C(=O)N3CCCC(O)c4cc(Cl)ccc43)c(C)c2)c(C)c1. The second-order valence-electron chi connectivity index (χ2n) is 10.6. The first-order chi connectivity index (χ1) is 20.1. The minimum atomic E-state index is -0.683. The quantitative estimate of drug-likeness (QED) is 0.231. The number of aryl methyl sites for hydroxylation is 3. The molecule has 0 radical (unpaired) electrons. The standard InChI is InChI=1S/C34H32ClN3O4/c1-20-7-4-5-8-26(20)32(40)36-24-11-13-27(21(2)17-24)33(41)37-25-12-14-28(22(3)18-25)34(42)38-16-6-9-31(39)29-19-23(35)10-15-30(29)38/h4-5,7-8,10-15,17-19,31,39H,6,9,16H2,1-3H3,(H,36,40)(H,37,41). The molecule has 1 unspecified atom stereocenters. The number of nitrogens with one attached hydrogen (secondary N) is 2. The molecule has 214 valence electrons. The van der Waals surface area contributed by atoms with Gasteiger partial charge < -0.3 is 20.6 Å². The number of aliphatic hydroxyl groups excluding tert-OH is 1. The van der Waals surface area contributed by atoms with Gasteiger partial charge in [-0.05, 0) is 111 Å². The lowest BCUT2D eigenvalue weighted by atomic mass is 10.0. The Hall–Kier alpha value is -4.46. The van der Waals surface area contributed by atoms with Gasteiger partial charge in [-0.3, -0.25) is 14.4 Å². The van der Waals surface area contributed by atoms with Crippen molar-refractivity contribution in [1.29, 1.82) is 0 Å². The largest absolute Gasteiger partial charge is 0.388 e. The van der Waals surface area contributed by atoms with E-state index in [1.807, 2.05) is 39.0 Å². The van der Waals surface area contributed by atoms with Crippen molar-refractivity contribution in [3.05, 3.63) is 123 Å². The van der Waals surface area contributed by atoms with Crippen LogP contribution in [0.25, 0.3) is 0 Å². The molecule has 8 heteroatoms. The average Bonchev–Trinajstić information content (AvgIpc) is 3.11. The van der Waals surface area contributed by atoms with Gasteiger partial charge in [0, 0.05) is 50.9 Å². The third-order valence-electron chi connectivity index (χ3n) is 7.58. The normalized spacial score (nSPS) is 14.5. The van der Waals surface area contributed by atoms with Crippen LogP contribution < -0.4 is 15.5 Å². The van der Waals surface area contributed by atoms with Gasteiger partial charge in [0.1, 0.15) is 0 Å². The summed E-state index contributed by atoms with van der Waals surface area (Å²) in [6.45, 7) is 6.00. The Labute approximate surface area is 250 Å². The zero-order chi connectivity index (χ0) is 30.0. The molecule has 5 rings (SSSR count). The van der Waals surface area contributed by atoms with Crippen LogP contribution in [0.5, 0.6) is 0 Å². The predicted octanol–water partition coefficient (Wildman–Crippen LogP) is 7.24. The minimum absolute atomic E-state index is 0.178. The van der Waals surface area contributed by atoms with E-state index in [4.69, 9.17) is 11.6 Å². The van der Waals surface area contributed by atoms with E-state index >= 15 is 0 Å². The first-order valence-corrected chi connectivity index (χ1v) is 14.2. The van der Waals surface area contributed by atoms with Gasteiger partial charge in [-0.25, -0.2) is 0 Å². The summed E-state index contributed by atoms with van der Waals surface area (Å²) in [4.78, 5) is 41.1. The van der Waals surface area contributed by atoms with Crippen molar-refractivity contribution in [2.24, 2.45) is 0 Å². The highest BCUT2D eigenvalue weighted by atomic mass is 35.5. The summed E-state index contributed by atoms with van der Waals surface area (Å²) >= 11 is 6.17. The number of amides is 3. The van der Waals surface area contributed by atoms with E-state index in [9.17, 15) is 19.5 Å². The number of aliphatic hydroxyl groups is 1. The number of carbonyl (C=O) groups is 3. The number of fused-ring (bicyclic) bond motifs is 1. The highest BCUT2D eigenvalue weighted by molar-refractivity contribution is 6.30. The molecule has 0 bridgehead atoms. The lowest BCUT2D eigenvalue weighted by Crippen LogP contribution is -2.32. The fourth-order valence-electron chi connectivity index (χ4n) is 5.32. The molecule has 42 heavy (non-hydrogen) atoms. The minimum Gasteiger partial charge on any atom is -0.388 e. The van der Waals surface area contributed by atoms with E-state index in [1.165, 1.54) is 0 Å². The van der Waals surface area contributed by atoms with Crippen molar-refractivity contribution in [3.8, 4) is 0 Å². The lowest BCUT2D eigenvalue weighted by Gasteiger charge is -2.24. The summed E-state index contributed by atoms with van der Waals surface area (Å²) in [5, 5.41) is 16.9. The van der Waals surface area contributed by atoms with Gasteiger partial charge in [-0.15, -0.1) is 0 Å². The molecule has 0 saturated heterocycles. The molecule has 0 saturated carbocycles. The number of halogens is 1. The molecule has 1 aliphatic heterocycles. The average molecular weight is 582 g/mol.